The second kappa shape index (κ2) is 3.19. The van der Waals surface area contributed by atoms with Gasteiger partial charge in [-0.25, -0.2) is 0 Å². The minimum Gasteiger partial charge on any atom is -0.199 e. The molecular weight excluding hydrogens is 144 g/mol. The van der Waals surface area contributed by atoms with E-state index in [4.69, 9.17) is 0 Å². The summed E-state index contributed by atoms with van der Waals surface area (Å²) in [5, 5.41) is 0. The van der Waals surface area contributed by atoms with Gasteiger partial charge in [-0.3, -0.25) is 0 Å². The third-order valence-corrected chi connectivity index (χ3v) is 1.79. The SMILES string of the molecule is C(#CC1C=CC=C1)c1cc[cH-]c1. The lowest BCUT2D eigenvalue weighted by Crippen LogP contribution is -1.80. The molecule has 0 unspecified atom stereocenters. The van der Waals surface area contributed by atoms with Gasteiger partial charge in [0.15, 0.2) is 0 Å². The van der Waals surface area contributed by atoms with E-state index in [0.29, 0.717) is 5.92 Å². The second-order valence-electron chi connectivity index (χ2n) is 2.74. The molecule has 12 heavy (non-hydrogen) atoms. The number of rotatable bonds is 0. The van der Waals surface area contributed by atoms with Crippen molar-refractivity contribution >= 4 is 0 Å². The van der Waals surface area contributed by atoms with E-state index in [1.807, 2.05) is 36.4 Å². The normalized spacial score (nSPS) is 14.7. The van der Waals surface area contributed by atoms with Crippen LogP contribution in [0.1, 0.15) is 5.56 Å². The minimum atomic E-state index is 0.319. The predicted molar refractivity (Wildman–Crippen MR) is 50.7 cm³/mol. The minimum absolute atomic E-state index is 0.319. The van der Waals surface area contributed by atoms with Crippen LogP contribution in [0.4, 0.5) is 0 Å². The van der Waals surface area contributed by atoms with Crippen LogP contribution >= 0.6 is 0 Å². The molecule has 0 heteroatoms. The Kier molecular flexibility index (Phi) is 1.88. The maximum absolute atomic E-state index is 3.16. The molecule has 0 fully saturated rings. The van der Waals surface area contributed by atoms with Crippen molar-refractivity contribution in [2.75, 3.05) is 0 Å². The summed E-state index contributed by atoms with van der Waals surface area (Å²) in [5.41, 5.74) is 1.10. The molecule has 1 aromatic rings. The fourth-order valence-electron chi connectivity index (χ4n) is 1.15. The molecule has 1 aromatic carbocycles. The molecule has 0 spiro atoms. The molecule has 0 atom stereocenters. The van der Waals surface area contributed by atoms with E-state index in [9.17, 15) is 0 Å². The summed E-state index contributed by atoms with van der Waals surface area (Å²) >= 11 is 0. The van der Waals surface area contributed by atoms with E-state index in [0.717, 1.165) is 5.56 Å². The molecule has 0 N–H and O–H groups in total. The van der Waals surface area contributed by atoms with Crippen LogP contribution in [0.2, 0.25) is 0 Å². The number of hydrogen-bond donors (Lipinski definition) is 0. The van der Waals surface area contributed by atoms with Crippen LogP contribution in [0.5, 0.6) is 0 Å². The highest BCUT2D eigenvalue weighted by Crippen LogP contribution is 2.07. The summed E-state index contributed by atoms with van der Waals surface area (Å²) in [5.74, 6) is 6.59. The Morgan fingerprint density at radius 1 is 1.25 bits per heavy atom. The zero-order valence-corrected chi connectivity index (χ0v) is 6.70. The predicted octanol–water partition coefficient (Wildman–Crippen LogP) is 2.50. The number of hydrogen-bond acceptors (Lipinski definition) is 0. The fraction of sp³-hybridized carbons (Fsp3) is 0.0833. The van der Waals surface area contributed by atoms with Gasteiger partial charge in [0.1, 0.15) is 0 Å². The lowest BCUT2D eigenvalue weighted by Gasteiger charge is -1.91. The van der Waals surface area contributed by atoms with E-state index in [1.54, 1.807) is 0 Å². The van der Waals surface area contributed by atoms with Gasteiger partial charge in [0, 0.05) is 0 Å². The Bertz CT molecular complexity index is 340. The molecule has 0 aromatic heterocycles. The Morgan fingerprint density at radius 2 is 2.08 bits per heavy atom. The summed E-state index contributed by atoms with van der Waals surface area (Å²) in [4.78, 5) is 0. The van der Waals surface area contributed by atoms with Crippen molar-refractivity contribution < 1.29 is 0 Å². The largest absolute Gasteiger partial charge is 0.199 e. The molecule has 2 rings (SSSR count). The highest BCUT2D eigenvalue weighted by Gasteiger charge is 1.95. The van der Waals surface area contributed by atoms with Gasteiger partial charge in [0.25, 0.3) is 0 Å². The Balaban J connectivity index is 2.10. The summed E-state index contributed by atoms with van der Waals surface area (Å²) in [7, 11) is 0. The third-order valence-electron chi connectivity index (χ3n) is 1.79. The first-order chi connectivity index (χ1) is 5.95. The van der Waals surface area contributed by atoms with Crippen molar-refractivity contribution in [1.82, 2.24) is 0 Å². The first-order valence-corrected chi connectivity index (χ1v) is 4.03. The molecule has 0 amide bonds. The molecule has 0 heterocycles. The van der Waals surface area contributed by atoms with Crippen LogP contribution in [-0.4, -0.2) is 0 Å². The average Bonchev–Trinajstić information content (AvgIpc) is 2.74. The quantitative estimate of drug-likeness (QED) is 0.397. The standard InChI is InChI=1S/C12H9/c1-2-6-11(5-1)9-10-12-7-3-4-8-12/h1-8,11H/q-1. The van der Waals surface area contributed by atoms with Crippen molar-refractivity contribution in [2.24, 2.45) is 5.92 Å². The smallest absolute Gasteiger partial charge is 0.0561 e. The van der Waals surface area contributed by atoms with Crippen molar-refractivity contribution in [3.05, 3.63) is 54.1 Å². The summed E-state index contributed by atoms with van der Waals surface area (Å²) < 4.78 is 0. The first-order valence-electron chi connectivity index (χ1n) is 4.03. The van der Waals surface area contributed by atoms with Crippen molar-refractivity contribution in [3.63, 3.8) is 0 Å². The van der Waals surface area contributed by atoms with Gasteiger partial charge >= 0.3 is 0 Å². The first kappa shape index (κ1) is 7.06. The van der Waals surface area contributed by atoms with Crippen LogP contribution in [0.15, 0.2) is 48.6 Å². The molecule has 0 radical (unpaired) electrons. The molecular formula is C12H9-. The van der Waals surface area contributed by atoms with Gasteiger partial charge in [-0.2, -0.15) is 24.3 Å². The van der Waals surface area contributed by atoms with Gasteiger partial charge in [0.2, 0.25) is 0 Å². The fourth-order valence-corrected chi connectivity index (χ4v) is 1.15. The van der Waals surface area contributed by atoms with E-state index in [1.165, 1.54) is 0 Å². The van der Waals surface area contributed by atoms with Crippen LogP contribution in [-0.2, 0) is 0 Å². The maximum atomic E-state index is 3.16. The van der Waals surface area contributed by atoms with E-state index >= 15 is 0 Å². The van der Waals surface area contributed by atoms with Crippen molar-refractivity contribution in [1.29, 1.82) is 0 Å². The van der Waals surface area contributed by atoms with Crippen LogP contribution < -0.4 is 0 Å². The molecule has 0 aliphatic heterocycles. The molecule has 0 saturated carbocycles. The summed E-state index contributed by atoms with van der Waals surface area (Å²) in [6, 6.07) is 8.06. The van der Waals surface area contributed by atoms with E-state index < -0.39 is 0 Å². The Labute approximate surface area is 72.6 Å². The molecule has 1 aliphatic carbocycles. The van der Waals surface area contributed by atoms with Gasteiger partial charge in [0.05, 0.1) is 5.92 Å². The summed E-state index contributed by atoms with van der Waals surface area (Å²) in [6.45, 7) is 0. The lowest BCUT2D eigenvalue weighted by molar-refractivity contribution is 1.15. The highest BCUT2D eigenvalue weighted by molar-refractivity contribution is 5.38. The monoisotopic (exact) mass is 153 g/mol. The van der Waals surface area contributed by atoms with Crippen molar-refractivity contribution in [2.45, 2.75) is 0 Å². The number of allylic oxidation sites excluding steroid dienone is 4. The summed E-state index contributed by atoms with van der Waals surface area (Å²) in [6.07, 6.45) is 8.25. The third kappa shape index (κ3) is 1.52. The van der Waals surface area contributed by atoms with Gasteiger partial charge < -0.3 is 0 Å². The van der Waals surface area contributed by atoms with Gasteiger partial charge in [-0.05, 0) is 0 Å². The maximum Gasteiger partial charge on any atom is 0.0561 e. The molecule has 58 valence electrons. The van der Waals surface area contributed by atoms with Crippen LogP contribution in [0.25, 0.3) is 0 Å². The highest BCUT2D eigenvalue weighted by atomic mass is 14.0. The van der Waals surface area contributed by atoms with Crippen molar-refractivity contribution in [3.8, 4) is 11.8 Å². The van der Waals surface area contributed by atoms with Gasteiger partial charge in [-0.1, -0.05) is 24.3 Å². The topological polar surface area (TPSA) is 0 Å². The van der Waals surface area contributed by atoms with Gasteiger partial charge in [-0.15, -0.1) is 17.4 Å². The zero-order chi connectivity index (χ0) is 8.23. The zero-order valence-electron chi connectivity index (χ0n) is 6.70. The Morgan fingerprint density at radius 3 is 2.75 bits per heavy atom. The van der Waals surface area contributed by atoms with E-state index in [-0.39, 0.29) is 0 Å². The Hall–Kier alpha value is -1.61. The molecule has 1 aliphatic rings. The second-order valence-corrected chi connectivity index (χ2v) is 2.74. The molecule has 0 saturated heterocycles. The average molecular weight is 153 g/mol. The lowest BCUT2D eigenvalue weighted by atomic mass is 10.2. The molecule has 0 bridgehead atoms. The van der Waals surface area contributed by atoms with E-state index in [2.05, 4.69) is 24.0 Å². The molecule has 0 nitrogen and oxygen atoms in total. The van der Waals surface area contributed by atoms with Crippen LogP contribution in [0, 0.1) is 17.8 Å². The van der Waals surface area contributed by atoms with Crippen LogP contribution in [0.3, 0.4) is 0 Å².